The fourth-order valence-electron chi connectivity index (χ4n) is 2.93. The van der Waals surface area contributed by atoms with Gasteiger partial charge >= 0.3 is 6.03 Å². The first-order chi connectivity index (χ1) is 12.5. The molecular weight excluding hydrogens is 350 g/mol. The number of nitrogens with one attached hydrogen (secondary N) is 1. The third-order valence-corrected chi connectivity index (χ3v) is 4.45. The van der Waals surface area contributed by atoms with Gasteiger partial charge in [-0.25, -0.2) is 4.79 Å². The summed E-state index contributed by atoms with van der Waals surface area (Å²) in [6, 6.07) is 15.2. The Hall–Kier alpha value is -2.40. The van der Waals surface area contributed by atoms with Gasteiger partial charge < -0.3 is 19.9 Å². The molecule has 0 radical (unpaired) electrons. The van der Waals surface area contributed by atoms with Crippen molar-refractivity contribution in [1.29, 1.82) is 0 Å². The van der Waals surface area contributed by atoms with Crippen LogP contribution < -0.4 is 15.0 Å². The van der Waals surface area contributed by atoms with E-state index in [0.717, 1.165) is 35.2 Å². The van der Waals surface area contributed by atoms with Crippen molar-refractivity contribution in [3.63, 3.8) is 0 Å². The van der Waals surface area contributed by atoms with Crippen molar-refractivity contribution in [2.24, 2.45) is 0 Å². The van der Waals surface area contributed by atoms with Crippen LogP contribution in [0.15, 0.2) is 48.5 Å². The molecule has 26 heavy (non-hydrogen) atoms. The Balaban J connectivity index is 1.52. The molecular formula is C20H24ClN3O2. The van der Waals surface area contributed by atoms with Gasteiger partial charge in [0.1, 0.15) is 5.75 Å². The van der Waals surface area contributed by atoms with Crippen molar-refractivity contribution in [2.45, 2.75) is 20.0 Å². The molecule has 5 nitrogen and oxygen atoms in total. The lowest BCUT2D eigenvalue weighted by Gasteiger charge is -2.36. The summed E-state index contributed by atoms with van der Waals surface area (Å²) in [4.78, 5) is 16.5. The third-order valence-electron chi connectivity index (χ3n) is 4.22. The zero-order valence-electron chi connectivity index (χ0n) is 15.1. The molecule has 2 aromatic rings. The van der Waals surface area contributed by atoms with E-state index in [1.54, 1.807) is 0 Å². The molecule has 1 saturated heterocycles. The van der Waals surface area contributed by atoms with Gasteiger partial charge in [0.25, 0.3) is 0 Å². The topological polar surface area (TPSA) is 44.8 Å². The Morgan fingerprint density at radius 1 is 1.08 bits per heavy atom. The van der Waals surface area contributed by atoms with Gasteiger partial charge in [0.2, 0.25) is 0 Å². The van der Waals surface area contributed by atoms with Crippen molar-refractivity contribution >= 4 is 29.0 Å². The van der Waals surface area contributed by atoms with Crippen LogP contribution in [0.3, 0.4) is 0 Å². The van der Waals surface area contributed by atoms with E-state index < -0.39 is 0 Å². The third kappa shape index (κ3) is 4.82. The van der Waals surface area contributed by atoms with Crippen LogP contribution in [0.1, 0.15) is 13.8 Å². The lowest BCUT2D eigenvalue weighted by atomic mass is 10.2. The Labute approximate surface area is 159 Å². The molecule has 1 aliphatic rings. The van der Waals surface area contributed by atoms with Gasteiger partial charge in [-0.2, -0.15) is 0 Å². The Morgan fingerprint density at radius 3 is 2.38 bits per heavy atom. The van der Waals surface area contributed by atoms with Crippen molar-refractivity contribution in [3.8, 4) is 5.75 Å². The van der Waals surface area contributed by atoms with Crippen molar-refractivity contribution in [3.05, 3.63) is 53.6 Å². The van der Waals surface area contributed by atoms with Crippen molar-refractivity contribution in [2.75, 3.05) is 36.4 Å². The monoisotopic (exact) mass is 373 g/mol. The van der Waals surface area contributed by atoms with E-state index >= 15 is 0 Å². The number of urea groups is 1. The van der Waals surface area contributed by atoms with Gasteiger partial charge in [0.05, 0.1) is 6.10 Å². The molecule has 0 aliphatic carbocycles. The first kappa shape index (κ1) is 18.4. The highest BCUT2D eigenvalue weighted by Crippen LogP contribution is 2.21. The molecule has 2 aromatic carbocycles. The van der Waals surface area contributed by atoms with E-state index in [1.807, 2.05) is 67.3 Å². The van der Waals surface area contributed by atoms with E-state index in [2.05, 4.69) is 10.2 Å². The van der Waals surface area contributed by atoms with Crippen LogP contribution in [-0.4, -0.2) is 43.2 Å². The normalized spacial score (nSPS) is 14.5. The maximum absolute atomic E-state index is 12.5. The molecule has 0 unspecified atom stereocenters. The maximum atomic E-state index is 12.5. The molecule has 1 heterocycles. The van der Waals surface area contributed by atoms with E-state index in [9.17, 15) is 4.79 Å². The number of piperazine rings is 1. The van der Waals surface area contributed by atoms with Gasteiger partial charge in [-0.3, -0.25) is 0 Å². The minimum Gasteiger partial charge on any atom is -0.491 e. The second-order valence-corrected chi connectivity index (χ2v) is 7.01. The summed E-state index contributed by atoms with van der Waals surface area (Å²) in [5.41, 5.74) is 1.86. The smallest absolute Gasteiger partial charge is 0.321 e. The highest BCUT2D eigenvalue weighted by Gasteiger charge is 2.21. The summed E-state index contributed by atoms with van der Waals surface area (Å²) in [7, 11) is 0. The lowest BCUT2D eigenvalue weighted by Crippen LogP contribution is -2.50. The summed E-state index contributed by atoms with van der Waals surface area (Å²) in [6.07, 6.45) is 0.131. The SMILES string of the molecule is CC(C)Oc1ccc(NC(=O)N2CCN(c3cccc(Cl)c3)CC2)cc1. The van der Waals surface area contributed by atoms with Gasteiger partial charge in [-0.1, -0.05) is 17.7 Å². The average molecular weight is 374 g/mol. The van der Waals surface area contributed by atoms with E-state index in [4.69, 9.17) is 16.3 Å². The molecule has 1 N–H and O–H groups in total. The van der Waals surface area contributed by atoms with Crippen molar-refractivity contribution < 1.29 is 9.53 Å². The molecule has 0 atom stereocenters. The second-order valence-electron chi connectivity index (χ2n) is 6.58. The van der Waals surface area contributed by atoms with Gasteiger partial charge in [-0.15, -0.1) is 0 Å². The number of benzene rings is 2. The Kier molecular flexibility index (Phi) is 5.89. The first-order valence-corrected chi connectivity index (χ1v) is 9.22. The van der Waals surface area contributed by atoms with Crippen LogP contribution in [0.4, 0.5) is 16.2 Å². The second kappa shape index (κ2) is 8.32. The number of ether oxygens (including phenoxy) is 1. The van der Waals surface area contributed by atoms with Gasteiger partial charge in [-0.05, 0) is 56.3 Å². The summed E-state index contributed by atoms with van der Waals surface area (Å²) < 4.78 is 5.61. The molecule has 138 valence electrons. The predicted molar refractivity (Wildman–Crippen MR) is 106 cm³/mol. The summed E-state index contributed by atoms with van der Waals surface area (Å²) in [5.74, 6) is 0.799. The van der Waals surface area contributed by atoms with E-state index in [0.29, 0.717) is 13.1 Å². The number of anilines is 2. The molecule has 1 aliphatic heterocycles. The zero-order valence-corrected chi connectivity index (χ0v) is 15.9. The van der Waals surface area contributed by atoms with Crippen LogP contribution in [0.5, 0.6) is 5.75 Å². The number of carbonyl (C=O) groups excluding carboxylic acids is 1. The number of halogens is 1. The minimum atomic E-state index is -0.0757. The van der Waals surface area contributed by atoms with Gasteiger partial charge in [0, 0.05) is 42.6 Å². The van der Waals surface area contributed by atoms with Crippen LogP contribution in [0.25, 0.3) is 0 Å². The Morgan fingerprint density at radius 2 is 1.77 bits per heavy atom. The van der Waals surface area contributed by atoms with Crippen LogP contribution in [0.2, 0.25) is 5.02 Å². The average Bonchev–Trinajstić information content (AvgIpc) is 2.63. The molecule has 1 fully saturated rings. The standard InChI is InChI=1S/C20H24ClN3O2/c1-15(2)26-19-8-6-17(7-9-19)22-20(25)24-12-10-23(11-13-24)18-5-3-4-16(21)14-18/h3-9,14-15H,10-13H2,1-2H3,(H,22,25). The fourth-order valence-corrected chi connectivity index (χ4v) is 3.12. The summed E-state index contributed by atoms with van der Waals surface area (Å²) in [5, 5.41) is 3.68. The van der Waals surface area contributed by atoms with E-state index in [1.165, 1.54) is 0 Å². The number of rotatable bonds is 4. The summed E-state index contributed by atoms with van der Waals surface area (Å²) in [6.45, 7) is 6.89. The van der Waals surface area contributed by atoms with Crippen LogP contribution in [0, 0.1) is 0 Å². The quantitative estimate of drug-likeness (QED) is 0.859. The number of amides is 2. The van der Waals surface area contributed by atoms with E-state index in [-0.39, 0.29) is 12.1 Å². The molecule has 0 spiro atoms. The zero-order chi connectivity index (χ0) is 18.5. The summed E-state index contributed by atoms with van der Waals surface area (Å²) >= 11 is 6.06. The van der Waals surface area contributed by atoms with Crippen LogP contribution in [-0.2, 0) is 0 Å². The van der Waals surface area contributed by atoms with Crippen LogP contribution >= 0.6 is 11.6 Å². The largest absolute Gasteiger partial charge is 0.491 e. The Bertz CT molecular complexity index is 741. The molecule has 6 heteroatoms. The predicted octanol–water partition coefficient (Wildman–Crippen LogP) is 4.48. The molecule has 0 aromatic heterocycles. The fraction of sp³-hybridized carbons (Fsp3) is 0.350. The lowest BCUT2D eigenvalue weighted by molar-refractivity contribution is 0.208. The molecule has 0 bridgehead atoms. The number of nitrogens with zero attached hydrogens (tertiary/aromatic N) is 2. The maximum Gasteiger partial charge on any atom is 0.321 e. The number of hydrogen-bond donors (Lipinski definition) is 1. The number of hydrogen-bond acceptors (Lipinski definition) is 3. The van der Waals surface area contributed by atoms with Crippen molar-refractivity contribution in [1.82, 2.24) is 4.90 Å². The minimum absolute atomic E-state index is 0.0757. The molecule has 0 saturated carbocycles. The highest BCUT2D eigenvalue weighted by atomic mass is 35.5. The first-order valence-electron chi connectivity index (χ1n) is 8.84. The van der Waals surface area contributed by atoms with Gasteiger partial charge in [0.15, 0.2) is 0 Å². The number of carbonyl (C=O) groups is 1. The molecule has 3 rings (SSSR count). The highest BCUT2D eigenvalue weighted by molar-refractivity contribution is 6.30. The molecule has 2 amide bonds.